The molecule has 0 saturated heterocycles. The fourth-order valence-corrected chi connectivity index (χ4v) is 3.74. The van der Waals surface area contributed by atoms with E-state index in [2.05, 4.69) is 22.3 Å². The Labute approximate surface area is 120 Å². The zero-order valence-electron chi connectivity index (χ0n) is 11.6. The first kappa shape index (κ1) is 12.4. The van der Waals surface area contributed by atoms with Crippen molar-refractivity contribution >= 4 is 11.3 Å². The van der Waals surface area contributed by atoms with Crippen molar-refractivity contribution in [2.75, 3.05) is 6.54 Å². The summed E-state index contributed by atoms with van der Waals surface area (Å²) >= 11 is 2.02. The van der Waals surface area contributed by atoms with Gasteiger partial charge in [-0.3, -0.25) is 4.90 Å². The molecule has 0 atom stereocenters. The molecule has 3 aliphatic rings. The van der Waals surface area contributed by atoms with Gasteiger partial charge in [0.15, 0.2) is 0 Å². The molecule has 0 amide bonds. The number of nitrogens with one attached hydrogen (secondary N) is 1. The van der Waals surface area contributed by atoms with Gasteiger partial charge in [-0.1, -0.05) is 0 Å². The summed E-state index contributed by atoms with van der Waals surface area (Å²) in [5, 5.41) is 3.61. The summed E-state index contributed by atoms with van der Waals surface area (Å²) in [6.45, 7) is 3.65. The maximum atomic E-state index is 3.61. The second-order valence-corrected chi connectivity index (χ2v) is 7.88. The highest BCUT2D eigenvalue weighted by Gasteiger charge is 2.33. The molecule has 0 aromatic carbocycles. The van der Waals surface area contributed by atoms with Crippen molar-refractivity contribution in [3.8, 4) is 0 Å². The molecule has 3 saturated carbocycles. The molecule has 3 aliphatic carbocycles. The van der Waals surface area contributed by atoms with Gasteiger partial charge in [-0.25, -0.2) is 0 Å². The minimum Gasteiger partial charge on any atom is -0.309 e. The Hall–Kier alpha value is -0.380. The Bertz CT molecular complexity index is 430. The molecule has 1 heterocycles. The summed E-state index contributed by atoms with van der Waals surface area (Å²) in [4.78, 5) is 5.84. The highest BCUT2D eigenvalue weighted by molar-refractivity contribution is 7.11. The van der Waals surface area contributed by atoms with Crippen LogP contribution in [0.25, 0.3) is 0 Å². The van der Waals surface area contributed by atoms with Crippen LogP contribution in [-0.4, -0.2) is 23.5 Å². The van der Waals surface area contributed by atoms with Gasteiger partial charge in [0.2, 0.25) is 0 Å². The SMILES string of the molecule is c1cc(CN(CC2CC2)C2CC2)sc1CNC1CC1. The highest BCUT2D eigenvalue weighted by atomic mass is 32.1. The third-order valence-electron chi connectivity index (χ3n) is 4.47. The molecule has 2 nitrogen and oxygen atoms in total. The average Bonchev–Trinajstić information content (AvgIpc) is 3.22. The monoisotopic (exact) mass is 276 g/mol. The number of thiophene rings is 1. The first-order chi connectivity index (χ1) is 9.37. The molecule has 0 radical (unpaired) electrons. The summed E-state index contributed by atoms with van der Waals surface area (Å²) in [6.07, 6.45) is 8.60. The van der Waals surface area contributed by atoms with E-state index in [1.807, 2.05) is 11.3 Å². The van der Waals surface area contributed by atoms with Crippen LogP contribution in [0.4, 0.5) is 0 Å². The molecule has 104 valence electrons. The standard InChI is InChI=1S/C16H24N2S/c1-2-12(1)10-18(14-5-6-14)11-16-8-7-15(19-16)9-17-13-3-4-13/h7-8,12-14,17H,1-6,9-11H2. The zero-order chi connectivity index (χ0) is 12.7. The lowest BCUT2D eigenvalue weighted by Gasteiger charge is -2.20. The van der Waals surface area contributed by atoms with E-state index in [0.717, 1.165) is 24.5 Å². The van der Waals surface area contributed by atoms with Crippen LogP contribution < -0.4 is 5.32 Å². The summed E-state index contributed by atoms with van der Waals surface area (Å²) < 4.78 is 0. The van der Waals surface area contributed by atoms with Gasteiger partial charge < -0.3 is 5.32 Å². The summed E-state index contributed by atoms with van der Waals surface area (Å²) in [5.74, 6) is 1.02. The lowest BCUT2D eigenvalue weighted by Crippen LogP contribution is -2.27. The van der Waals surface area contributed by atoms with Crippen LogP contribution in [0.2, 0.25) is 0 Å². The first-order valence-corrected chi connectivity index (χ1v) is 8.73. The molecule has 0 spiro atoms. The number of hydrogen-bond donors (Lipinski definition) is 1. The van der Waals surface area contributed by atoms with Crippen molar-refractivity contribution in [1.29, 1.82) is 0 Å². The Kier molecular flexibility index (Phi) is 3.38. The Morgan fingerprint density at radius 2 is 1.84 bits per heavy atom. The maximum Gasteiger partial charge on any atom is 0.0331 e. The second kappa shape index (κ2) is 5.19. The van der Waals surface area contributed by atoms with E-state index in [-0.39, 0.29) is 0 Å². The minimum atomic E-state index is 0.823. The molecule has 19 heavy (non-hydrogen) atoms. The largest absolute Gasteiger partial charge is 0.309 e. The van der Waals surface area contributed by atoms with E-state index in [9.17, 15) is 0 Å². The van der Waals surface area contributed by atoms with Gasteiger partial charge in [0.05, 0.1) is 0 Å². The quantitative estimate of drug-likeness (QED) is 0.783. The summed E-state index contributed by atoms with van der Waals surface area (Å²) in [6, 6.07) is 6.42. The van der Waals surface area contributed by atoms with Crippen LogP contribution in [0.15, 0.2) is 12.1 Å². The molecule has 0 aliphatic heterocycles. The van der Waals surface area contributed by atoms with Gasteiger partial charge >= 0.3 is 0 Å². The third-order valence-corrected chi connectivity index (χ3v) is 5.54. The van der Waals surface area contributed by atoms with Crippen molar-refractivity contribution in [3.63, 3.8) is 0 Å². The Morgan fingerprint density at radius 3 is 2.53 bits per heavy atom. The van der Waals surface area contributed by atoms with Crippen molar-refractivity contribution < 1.29 is 0 Å². The van der Waals surface area contributed by atoms with Crippen LogP contribution in [-0.2, 0) is 13.1 Å². The maximum absolute atomic E-state index is 3.61. The van der Waals surface area contributed by atoms with Gasteiger partial charge in [0.1, 0.15) is 0 Å². The summed E-state index contributed by atoms with van der Waals surface area (Å²) in [7, 11) is 0. The molecule has 1 N–H and O–H groups in total. The van der Waals surface area contributed by atoms with E-state index < -0.39 is 0 Å². The van der Waals surface area contributed by atoms with Gasteiger partial charge in [-0.2, -0.15) is 0 Å². The molecule has 3 heteroatoms. The molecule has 3 fully saturated rings. The number of nitrogens with zero attached hydrogens (tertiary/aromatic N) is 1. The van der Waals surface area contributed by atoms with E-state index in [4.69, 9.17) is 0 Å². The predicted octanol–water partition coefficient (Wildman–Crippen LogP) is 3.37. The topological polar surface area (TPSA) is 15.3 Å². The molecular formula is C16H24N2S. The lowest BCUT2D eigenvalue weighted by molar-refractivity contribution is 0.246. The van der Waals surface area contributed by atoms with E-state index >= 15 is 0 Å². The van der Waals surface area contributed by atoms with Gasteiger partial charge in [-0.05, 0) is 56.6 Å². The minimum absolute atomic E-state index is 0.823. The van der Waals surface area contributed by atoms with E-state index in [1.54, 1.807) is 4.88 Å². The van der Waals surface area contributed by atoms with Gasteiger partial charge in [0.25, 0.3) is 0 Å². The molecule has 0 bridgehead atoms. The molecule has 1 aromatic rings. The van der Waals surface area contributed by atoms with Crippen molar-refractivity contribution in [1.82, 2.24) is 10.2 Å². The van der Waals surface area contributed by atoms with Crippen LogP contribution in [0.5, 0.6) is 0 Å². The van der Waals surface area contributed by atoms with Crippen LogP contribution in [0, 0.1) is 5.92 Å². The van der Waals surface area contributed by atoms with Crippen LogP contribution in [0.3, 0.4) is 0 Å². The molecular weight excluding hydrogens is 252 g/mol. The molecule has 4 rings (SSSR count). The number of rotatable bonds is 8. The fraction of sp³-hybridized carbons (Fsp3) is 0.750. The van der Waals surface area contributed by atoms with E-state index in [1.165, 1.54) is 56.5 Å². The van der Waals surface area contributed by atoms with Crippen molar-refractivity contribution in [2.24, 2.45) is 5.92 Å². The molecule has 1 aromatic heterocycles. The normalized spacial score (nSPS) is 23.2. The van der Waals surface area contributed by atoms with Gasteiger partial charge in [0, 0.05) is 41.5 Å². The van der Waals surface area contributed by atoms with Crippen LogP contribution in [0.1, 0.15) is 48.3 Å². The number of hydrogen-bond acceptors (Lipinski definition) is 3. The third kappa shape index (κ3) is 3.59. The summed E-state index contributed by atoms with van der Waals surface area (Å²) in [5.41, 5.74) is 0. The Balaban J connectivity index is 1.31. The molecule has 0 unspecified atom stereocenters. The lowest BCUT2D eigenvalue weighted by atomic mass is 10.3. The first-order valence-electron chi connectivity index (χ1n) is 7.92. The Morgan fingerprint density at radius 1 is 1.05 bits per heavy atom. The second-order valence-electron chi connectivity index (χ2n) is 6.63. The zero-order valence-corrected chi connectivity index (χ0v) is 12.4. The van der Waals surface area contributed by atoms with Crippen molar-refractivity contribution in [3.05, 3.63) is 21.9 Å². The fourth-order valence-electron chi connectivity index (χ4n) is 2.75. The van der Waals surface area contributed by atoms with Crippen molar-refractivity contribution in [2.45, 2.75) is 63.7 Å². The van der Waals surface area contributed by atoms with E-state index in [0.29, 0.717) is 0 Å². The average molecular weight is 276 g/mol. The smallest absolute Gasteiger partial charge is 0.0331 e. The van der Waals surface area contributed by atoms with Crippen LogP contribution >= 0.6 is 11.3 Å². The highest BCUT2D eigenvalue weighted by Crippen LogP contribution is 2.36. The van der Waals surface area contributed by atoms with Gasteiger partial charge in [-0.15, -0.1) is 11.3 Å². The predicted molar refractivity (Wildman–Crippen MR) is 80.3 cm³/mol.